The molecule has 0 heterocycles. The molecule has 0 radical (unpaired) electrons. The fourth-order valence-corrected chi connectivity index (χ4v) is 3.54. The molecule has 2 bridgehead atoms. The third kappa shape index (κ3) is 1.52. The average Bonchev–Trinajstić information content (AvgIpc) is 3.01. The molecule has 0 unspecified atom stereocenters. The van der Waals surface area contributed by atoms with Gasteiger partial charge >= 0.3 is 5.97 Å². The maximum absolute atomic E-state index is 12.5. The highest BCUT2D eigenvalue weighted by Crippen LogP contribution is 2.54. The van der Waals surface area contributed by atoms with E-state index in [0.717, 1.165) is 18.4 Å². The summed E-state index contributed by atoms with van der Waals surface area (Å²) in [5.41, 5.74) is 0.678. The molecule has 94 valence electrons. The van der Waals surface area contributed by atoms with E-state index in [1.807, 2.05) is 25.1 Å². The molecule has 1 aromatic rings. The number of ether oxygens (including phenoxy) is 1. The number of carbonyl (C=O) groups excluding carboxylic acids is 1. The van der Waals surface area contributed by atoms with Crippen molar-refractivity contribution in [3.63, 3.8) is 0 Å². The van der Waals surface area contributed by atoms with Crippen molar-refractivity contribution in [2.75, 3.05) is 6.61 Å². The van der Waals surface area contributed by atoms with E-state index in [1.165, 1.54) is 0 Å². The van der Waals surface area contributed by atoms with Crippen molar-refractivity contribution in [1.82, 2.24) is 0 Å². The van der Waals surface area contributed by atoms with Gasteiger partial charge in [0.1, 0.15) is 0 Å². The molecule has 0 spiro atoms. The van der Waals surface area contributed by atoms with E-state index in [-0.39, 0.29) is 5.97 Å². The summed E-state index contributed by atoms with van der Waals surface area (Å²) in [7, 11) is 0. The van der Waals surface area contributed by atoms with Crippen LogP contribution < -0.4 is 0 Å². The molecule has 2 nitrogen and oxygen atoms in total. The topological polar surface area (TPSA) is 26.3 Å². The molecule has 2 heteroatoms. The van der Waals surface area contributed by atoms with Crippen LogP contribution in [-0.2, 0) is 14.9 Å². The van der Waals surface area contributed by atoms with Crippen LogP contribution in [0.5, 0.6) is 0 Å². The van der Waals surface area contributed by atoms with Crippen molar-refractivity contribution >= 4 is 5.97 Å². The number of benzene rings is 1. The second kappa shape index (κ2) is 4.27. The van der Waals surface area contributed by atoms with Crippen LogP contribution in [0.2, 0.25) is 0 Å². The van der Waals surface area contributed by atoms with Gasteiger partial charge in [-0.3, -0.25) is 4.79 Å². The van der Waals surface area contributed by atoms with Gasteiger partial charge in [0.25, 0.3) is 0 Å². The third-order valence-corrected chi connectivity index (χ3v) is 4.32. The number of hydrogen-bond donors (Lipinski definition) is 0. The molecule has 3 atom stereocenters. The summed E-state index contributed by atoms with van der Waals surface area (Å²) in [6.45, 7) is 2.33. The molecule has 1 saturated carbocycles. The maximum Gasteiger partial charge on any atom is 0.317 e. The molecular formula is C16H18O2. The SMILES string of the molecule is CCOC(=O)[C@@]1(c2ccccc2)C[C@@H]2C=C[C@H]1C2. The molecule has 0 N–H and O–H groups in total. The first-order valence-corrected chi connectivity index (χ1v) is 6.68. The van der Waals surface area contributed by atoms with E-state index in [2.05, 4.69) is 24.3 Å². The van der Waals surface area contributed by atoms with Gasteiger partial charge in [0.2, 0.25) is 0 Å². The Bertz CT molecular complexity index is 477. The highest BCUT2D eigenvalue weighted by atomic mass is 16.5. The summed E-state index contributed by atoms with van der Waals surface area (Å²) in [5.74, 6) is 0.802. The van der Waals surface area contributed by atoms with Crippen molar-refractivity contribution in [3.8, 4) is 0 Å². The van der Waals surface area contributed by atoms with E-state index in [0.29, 0.717) is 18.4 Å². The lowest BCUT2D eigenvalue weighted by molar-refractivity contribution is -0.151. The van der Waals surface area contributed by atoms with Gasteiger partial charge in [0.05, 0.1) is 12.0 Å². The molecular weight excluding hydrogens is 224 g/mol. The minimum absolute atomic E-state index is 0.0481. The summed E-state index contributed by atoms with van der Waals surface area (Å²) in [4.78, 5) is 12.5. The van der Waals surface area contributed by atoms with Crippen molar-refractivity contribution in [1.29, 1.82) is 0 Å². The quantitative estimate of drug-likeness (QED) is 0.601. The predicted octanol–water partition coefficient (Wildman–Crippen LogP) is 3.08. The summed E-state index contributed by atoms with van der Waals surface area (Å²) in [6.07, 6.45) is 6.45. The summed E-state index contributed by atoms with van der Waals surface area (Å²) < 4.78 is 5.36. The first kappa shape index (κ1) is 11.5. The smallest absolute Gasteiger partial charge is 0.317 e. The molecule has 18 heavy (non-hydrogen) atoms. The van der Waals surface area contributed by atoms with E-state index in [4.69, 9.17) is 4.74 Å². The van der Waals surface area contributed by atoms with Crippen LogP contribution in [0, 0.1) is 11.8 Å². The predicted molar refractivity (Wildman–Crippen MR) is 70.1 cm³/mol. The summed E-state index contributed by atoms with van der Waals surface area (Å²) >= 11 is 0. The van der Waals surface area contributed by atoms with Crippen LogP contribution in [0.15, 0.2) is 42.5 Å². The Morgan fingerprint density at radius 3 is 2.67 bits per heavy atom. The minimum atomic E-state index is -0.434. The lowest BCUT2D eigenvalue weighted by atomic mass is 9.70. The van der Waals surface area contributed by atoms with Gasteiger partial charge in [-0.15, -0.1) is 0 Å². The van der Waals surface area contributed by atoms with Gasteiger partial charge in [-0.05, 0) is 37.2 Å². The van der Waals surface area contributed by atoms with Gasteiger partial charge in [-0.25, -0.2) is 0 Å². The molecule has 0 saturated heterocycles. The number of rotatable bonds is 3. The van der Waals surface area contributed by atoms with Gasteiger partial charge in [-0.2, -0.15) is 0 Å². The number of allylic oxidation sites excluding steroid dienone is 2. The second-order valence-electron chi connectivity index (χ2n) is 5.25. The van der Waals surface area contributed by atoms with Crippen molar-refractivity contribution in [2.24, 2.45) is 11.8 Å². The number of esters is 1. The standard InChI is InChI=1S/C16H18O2/c1-2-18-15(17)16(13-6-4-3-5-7-13)11-12-8-9-14(16)10-12/h3-9,12,14H,2,10-11H2,1H3/t12-,14+,16-/m1/s1. The van der Waals surface area contributed by atoms with E-state index < -0.39 is 5.41 Å². The molecule has 2 aliphatic rings. The third-order valence-electron chi connectivity index (χ3n) is 4.32. The Labute approximate surface area is 108 Å². The Morgan fingerprint density at radius 1 is 1.33 bits per heavy atom. The largest absolute Gasteiger partial charge is 0.465 e. The molecule has 3 rings (SSSR count). The first-order chi connectivity index (χ1) is 8.77. The average molecular weight is 242 g/mol. The summed E-state index contributed by atoms with van der Waals surface area (Å²) in [6, 6.07) is 10.1. The van der Waals surface area contributed by atoms with E-state index in [9.17, 15) is 4.79 Å². The second-order valence-corrected chi connectivity index (χ2v) is 5.25. The Kier molecular flexibility index (Phi) is 2.73. The Hall–Kier alpha value is -1.57. The fourth-order valence-electron chi connectivity index (χ4n) is 3.54. The van der Waals surface area contributed by atoms with E-state index >= 15 is 0 Å². The molecule has 0 aliphatic heterocycles. The van der Waals surface area contributed by atoms with Crippen LogP contribution in [0.25, 0.3) is 0 Å². The number of carbonyl (C=O) groups is 1. The lowest BCUT2D eigenvalue weighted by Crippen LogP contribution is -2.41. The number of hydrogen-bond acceptors (Lipinski definition) is 2. The zero-order valence-electron chi connectivity index (χ0n) is 10.6. The van der Waals surface area contributed by atoms with E-state index in [1.54, 1.807) is 0 Å². The van der Waals surface area contributed by atoms with Gasteiger partial charge < -0.3 is 4.74 Å². The fraction of sp³-hybridized carbons (Fsp3) is 0.438. The molecule has 0 aromatic heterocycles. The lowest BCUT2D eigenvalue weighted by Gasteiger charge is -2.33. The van der Waals surface area contributed by atoms with Crippen LogP contribution >= 0.6 is 0 Å². The van der Waals surface area contributed by atoms with Crippen LogP contribution in [0.1, 0.15) is 25.3 Å². The number of fused-ring (bicyclic) bond motifs is 2. The van der Waals surface area contributed by atoms with Crippen molar-refractivity contribution in [3.05, 3.63) is 48.0 Å². The highest BCUT2D eigenvalue weighted by Gasteiger charge is 2.55. The van der Waals surface area contributed by atoms with Crippen LogP contribution in [-0.4, -0.2) is 12.6 Å². The van der Waals surface area contributed by atoms with Crippen molar-refractivity contribution in [2.45, 2.75) is 25.2 Å². The van der Waals surface area contributed by atoms with Gasteiger partial charge in [0.15, 0.2) is 0 Å². The molecule has 2 aliphatic carbocycles. The van der Waals surface area contributed by atoms with Gasteiger partial charge in [0, 0.05) is 0 Å². The Balaban J connectivity index is 2.05. The summed E-state index contributed by atoms with van der Waals surface area (Å²) in [5, 5.41) is 0. The zero-order valence-corrected chi connectivity index (χ0v) is 10.6. The van der Waals surface area contributed by atoms with Crippen LogP contribution in [0.3, 0.4) is 0 Å². The van der Waals surface area contributed by atoms with Crippen LogP contribution in [0.4, 0.5) is 0 Å². The van der Waals surface area contributed by atoms with Gasteiger partial charge in [-0.1, -0.05) is 42.5 Å². The Morgan fingerprint density at radius 2 is 2.11 bits per heavy atom. The molecule has 1 aromatic carbocycles. The highest BCUT2D eigenvalue weighted by molar-refractivity contribution is 5.85. The normalized spacial score (nSPS) is 32.7. The maximum atomic E-state index is 12.5. The molecule has 0 amide bonds. The van der Waals surface area contributed by atoms with Crippen molar-refractivity contribution < 1.29 is 9.53 Å². The minimum Gasteiger partial charge on any atom is -0.465 e. The monoisotopic (exact) mass is 242 g/mol. The first-order valence-electron chi connectivity index (χ1n) is 6.68. The molecule has 1 fully saturated rings. The zero-order chi connectivity index (χ0) is 12.6.